The number of nitrogens with one attached hydrogen (secondary N) is 2. The van der Waals surface area contributed by atoms with Gasteiger partial charge in [0.2, 0.25) is 0 Å². The van der Waals surface area contributed by atoms with Gasteiger partial charge < -0.3 is 10.6 Å². The average Bonchev–Trinajstić information content (AvgIpc) is 2.70. The van der Waals surface area contributed by atoms with E-state index in [1.54, 1.807) is 24.3 Å². The van der Waals surface area contributed by atoms with Gasteiger partial charge in [0.25, 0.3) is 5.91 Å². The summed E-state index contributed by atoms with van der Waals surface area (Å²) in [5.41, 5.74) is 2.96. The molecule has 138 valence electrons. The normalized spacial score (nSPS) is 10.4. The van der Waals surface area contributed by atoms with E-state index in [0.29, 0.717) is 24.3 Å². The van der Waals surface area contributed by atoms with E-state index >= 15 is 0 Å². The number of anilines is 2. The maximum absolute atomic E-state index is 13.6. The Morgan fingerprint density at radius 2 is 1.85 bits per heavy atom. The van der Waals surface area contributed by atoms with Crippen molar-refractivity contribution in [2.75, 3.05) is 11.9 Å². The summed E-state index contributed by atoms with van der Waals surface area (Å²) in [6.07, 6.45) is 2.73. The lowest BCUT2D eigenvalue weighted by Gasteiger charge is -2.08. The lowest BCUT2D eigenvalue weighted by atomic mass is 10.1. The molecule has 5 nitrogen and oxygen atoms in total. The van der Waals surface area contributed by atoms with Gasteiger partial charge in [0.05, 0.1) is 0 Å². The Kier molecular flexibility index (Phi) is 6.10. The Labute approximate surface area is 157 Å². The van der Waals surface area contributed by atoms with E-state index in [0.717, 1.165) is 12.1 Å². The van der Waals surface area contributed by atoms with E-state index in [1.807, 2.05) is 24.3 Å². The van der Waals surface area contributed by atoms with Gasteiger partial charge in [0, 0.05) is 18.3 Å². The van der Waals surface area contributed by atoms with Crippen molar-refractivity contribution in [3.8, 4) is 0 Å². The minimum absolute atomic E-state index is 0.256. The number of aromatic nitrogens is 2. The SMILES string of the molecule is CCc1ccc(Nc2cc(C(=O)NCCc3ccccc3F)ncn2)cc1. The minimum Gasteiger partial charge on any atom is -0.350 e. The fourth-order valence-corrected chi connectivity index (χ4v) is 2.62. The second-order valence-corrected chi connectivity index (χ2v) is 6.06. The Hall–Kier alpha value is -3.28. The molecule has 3 aromatic rings. The van der Waals surface area contributed by atoms with Crippen molar-refractivity contribution in [1.82, 2.24) is 15.3 Å². The number of benzene rings is 2. The predicted octanol–water partition coefficient (Wildman–Crippen LogP) is 3.89. The van der Waals surface area contributed by atoms with Crippen LogP contribution in [0.3, 0.4) is 0 Å². The van der Waals surface area contributed by atoms with E-state index in [-0.39, 0.29) is 17.4 Å². The summed E-state index contributed by atoms with van der Waals surface area (Å²) in [5, 5.41) is 5.92. The van der Waals surface area contributed by atoms with Crippen LogP contribution in [0.5, 0.6) is 0 Å². The van der Waals surface area contributed by atoms with Crippen LogP contribution in [0.25, 0.3) is 0 Å². The minimum atomic E-state index is -0.321. The first-order valence-corrected chi connectivity index (χ1v) is 8.85. The monoisotopic (exact) mass is 364 g/mol. The molecule has 6 heteroatoms. The predicted molar refractivity (Wildman–Crippen MR) is 104 cm³/mol. The highest BCUT2D eigenvalue weighted by molar-refractivity contribution is 5.92. The zero-order valence-corrected chi connectivity index (χ0v) is 15.1. The summed E-state index contributed by atoms with van der Waals surface area (Å²) in [6.45, 7) is 2.43. The van der Waals surface area contributed by atoms with Crippen LogP contribution in [0.2, 0.25) is 0 Å². The van der Waals surface area contributed by atoms with Crippen LogP contribution in [0, 0.1) is 5.82 Å². The topological polar surface area (TPSA) is 66.9 Å². The molecule has 2 N–H and O–H groups in total. The molecule has 1 heterocycles. The summed E-state index contributed by atoms with van der Waals surface area (Å²) >= 11 is 0. The highest BCUT2D eigenvalue weighted by Crippen LogP contribution is 2.16. The highest BCUT2D eigenvalue weighted by Gasteiger charge is 2.09. The fraction of sp³-hybridized carbons (Fsp3) is 0.190. The fourth-order valence-electron chi connectivity index (χ4n) is 2.62. The number of carbonyl (C=O) groups is 1. The van der Waals surface area contributed by atoms with Crippen LogP contribution in [-0.4, -0.2) is 22.4 Å². The number of halogens is 1. The standard InChI is InChI=1S/C21H21FN4O/c1-2-15-7-9-17(10-8-15)26-20-13-19(24-14-25-20)21(27)23-12-11-16-5-3-4-6-18(16)22/h3-10,13-14H,2,11-12H2,1H3,(H,23,27)(H,24,25,26). The van der Waals surface area contributed by atoms with Crippen molar-refractivity contribution in [1.29, 1.82) is 0 Å². The Balaban J connectivity index is 1.58. The van der Waals surface area contributed by atoms with Gasteiger partial charge in [0.1, 0.15) is 23.7 Å². The molecule has 0 aliphatic heterocycles. The summed E-state index contributed by atoms with van der Waals surface area (Å²) < 4.78 is 13.6. The van der Waals surface area contributed by atoms with E-state index in [2.05, 4.69) is 27.5 Å². The molecular formula is C21H21FN4O. The molecule has 0 unspecified atom stereocenters. The van der Waals surface area contributed by atoms with Gasteiger partial charge in [-0.3, -0.25) is 4.79 Å². The third-order valence-corrected chi connectivity index (χ3v) is 4.17. The molecule has 0 bridgehead atoms. The van der Waals surface area contributed by atoms with E-state index < -0.39 is 0 Å². The summed E-state index contributed by atoms with van der Waals surface area (Å²) in [5.74, 6) is -0.0546. The third-order valence-electron chi connectivity index (χ3n) is 4.17. The molecule has 0 aliphatic carbocycles. The van der Waals surface area contributed by atoms with Crippen LogP contribution >= 0.6 is 0 Å². The average molecular weight is 364 g/mol. The smallest absolute Gasteiger partial charge is 0.270 e. The van der Waals surface area contributed by atoms with Crippen LogP contribution in [-0.2, 0) is 12.8 Å². The van der Waals surface area contributed by atoms with Crippen molar-refractivity contribution < 1.29 is 9.18 Å². The van der Waals surface area contributed by atoms with Gasteiger partial charge in [-0.25, -0.2) is 14.4 Å². The molecule has 0 radical (unpaired) electrons. The first-order chi connectivity index (χ1) is 13.2. The van der Waals surface area contributed by atoms with Gasteiger partial charge >= 0.3 is 0 Å². The summed E-state index contributed by atoms with van der Waals surface area (Å²) in [7, 11) is 0. The number of hydrogen-bond acceptors (Lipinski definition) is 4. The molecule has 1 amide bonds. The van der Waals surface area contributed by atoms with Crippen molar-refractivity contribution in [2.45, 2.75) is 19.8 Å². The van der Waals surface area contributed by atoms with Crippen molar-refractivity contribution in [3.63, 3.8) is 0 Å². The van der Waals surface area contributed by atoms with Crippen LogP contribution in [0.15, 0.2) is 60.9 Å². The largest absolute Gasteiger partial charge is 0.350 e. The highest BCUT2D eigenvalue weighted by atomic mass is 19.1. The van der Waals surface area contributed by atoms with Crippen molar-refractivity contribution in [2.24, 2.45) is 0 Å². The van der Waals surface area contributed by atoms with Crippen LogP contribution in [0.1, 0.15) is 28.5 Å². The molecule has 0 aliphatic rings. The molecule has 0 fully saturated rings. The van der Waals surface area contributed by atoms with Gasteiger partial charge in [0.15, 0.2) is 0 Å². The third kappa shape index (κ3) is 5.10. The molecule has 3 rings (SSSR count). The first-order valence-electron chi connectivity index (χ1n) is 8.85. The number of aryl methyl sites for hydroxylation is 1. The lowest BCUT2D eigenvalue weighted by molar-refractivity contribution is 0.0949. The maximum Gasteiger partial charge on any atom is 0.270 e. The van der Waals surface area contributed by atoms with E-state index in [1.165, 1.54) is 18.0 Å². The molecule has 27 heavy (non-hydrogen) atoms. The maximum atomic E-state index is 13.6. The molecule has 0 saturated carbocycles. The Bertz CT molecular complexity index is 912. The first kappa shape index (κ1) is 18.5. The zero-order valence-electron chi connectivity index (χ0n) is 15.1. The van der Waals surface area contributed by atoms with Crippen molar-refractivity contribution >= 4 is 17.4 Å². The second-order valence-electron chi connectivity index (χ2n) is 6.06. The Morgan fingerprint density at radius 3 is 2.59 bits per heavy atom. The molecule has 0 saturated heterocycles. The van der Waals surface area contributed by atoms with Gasteiger partial charge in [-0.15, -0.1) is 0 Å². The number of nitrogens with zero attached hydrogens (tertiary/aromatic N) is 2. The second kappa shape index (κ2) is 8.89. The number of rotatable bonds is 7. The number of hydrogen-bond donors (Lipinski definition) is 2. The number of carbonyl (C=O) groups excluding carboxylic acids is 1. The van der Waals surface area contributed by atoms with Crippen molar-refractivity contribution in [3.05, 3.63) is 83.6 Å². The molecule has 0 spiro atoms. The zero-order chi connectivity index (χ0) is 19.1. The molecule has 1 aromatic heterocycles. The molecular weight excluding hydrogens is 343 g/mol. The van der Waals surface area contributed by atoms with Crippen LogP contribution in [0.4, 0.5) is 15.9 Å². The number of amides is 1. The van der Waals surface area contributed by atoms with E-state index in [9.17, 15) is 9.18 Å². The van der Waals surface area contributed by atoms with Gasteiger partial charge in [-0.05, 0) is 42.2 Å². The summed E-state index contributed by atoms with van der Waals surface area (Å²) in [4.78, 5) is 20.4. The molecule has 2 aromatic carbocycles. The van der Waals surface area contributed by atoms with E-state index in [4.69, 9.17) is 0 Å². The van der Waals surface area contributed by atoms with Gasteiger partial charge in [-0.1, -0.05) is 37.3 Å². The quantitative estimate of drug-likeness (QED) is 0.667. The van der Waals surface area contributed by atoms with Gasteiger partial charge in [-0.2, -0.15) is 0 Å². The van der Waals surface area contributed by atoms with Crippen LogP contribution < -0.4 is 10.6 Å². The lowest BCUT2D eigenvalue weighted by Crippen LogP contribution is -2.26. The molecule has 0 atom stereocenters. The summed E-state index contributed by atoms with van der Waals surface area (Å²) in [6, 6.07) is 16.1. The Morgan fingerprint density at radius 1 is 1.07 bits per heavy atom.